The van der Waals surface area contributed by atoms with E-state index in [-0.39, 0.29) is 18.0 Å². The van der Waals surface area contributed by atoms with E-state index < -0.39 is 0 Å². The third kappa shape index (κ3) is 4.77. The fourth-order valence-electron chi connectivity index (χ4n) is 2.47. The maximum atomic E-state index is 12.0. The van der Waals surface area contributed by atoms with E-state index in [2.05, 4.69) is 22.8 Å². The first-order valence-electron chi connectivity index (χ1n) is 7.55. The van der Waals surface area contributed by atoms with E-state index in [4.69, 9.17) is 0 Å². The van der Waals surface area contributed by atoms with Crippen LogP contribution in [0.4, 0.5) is 4.79 Å². The fraction of sp³-hybridized carbons (Fsp3) is 0.500. The van der Waals surface area contributed by atoms with Crippen LogP contribution in [0.2, 0.25) is 0 Å². The number of hydrogen-bond donors (Lipinski definition) is 2. The molecular formula is C16H23N3O2. The predicted octanol–water partition coefficient (Wildman–Crippen LogP) is 1.54. The molecule has 0 aromatic heterocycles. The number of benzene rings is 1. The molecule has 1 fully saturated rings. The van der Waals surface area contributed by atoms with Crippen LogP contribution < -0.4 is 10.6 Å². The molecule has 1 unspecified atom stereocenters. The van der Waals surface area contributed by atoms with E-state index in [9.17, 15) is 9.59 Å². The summed E-state index contributed by atoms with van der Waals surface area (Å²) in [4.78, 5) is 25.4. The van der Waals surface area contributed by atoms with Crippen molar-refractivity contribution < 1.29 is 9.59 Å². The number of rotatable bonds is 6. The molecule has 5 heteroatoms. The molecule has 3 amide bonds. The van der Waals surface area contributed by atoms with Gasteiger partial charge >= 0.3 is 6.03 Å². The second-order valence-corrected chi connectivity index (χ2v) is 5.38. The molecule has 0 spiro atoms. The van der Waals surface area contributed by atoms with Gasteiger partial charge in [-0.3, -0.25) is 4.79 Å². The summed E-state index contributed by atoms with van der Waals surface area (Å²) < 4.78 is 0. The van der Waals surface area contributed by atoms with Crippen LogP contribution in [0, 0.1) is 0 Å². The summed E-state index contributed by atoms with van der Waals surface area (Å²) in [5.74, 6) is 0.117. The fourth-order valence-corrected chi connectivity index (χ4v) is 2.47. The summed E-state index contributed by atoms with van der Waals surface area (Å²) >= 11 is 0. The van der Waals surface area contributed by atoms with Crippen molar-refractivity contribution >= 4 is 11.9 Å². The van der Waals surface area contributed by atoms with Gasteiger partial charge in [0.25, 0.3) is 0 Å². The van der Waals surface area contributed by atoms with Crippen molar-refractivity contribution in [1.29, 1.82) is 0 Å². The molecule has 0 saturated carbocycles. The minimum absolute atomic E-state index is 0.0786. The van der Waals surface area contributed by atoms with E-state index in [1.165, 1.54) is 5.56 Å². The van der Waals surface area contributed by atoms with E-state index >= 15 is 0 Å². The van der Waals surface area contributed by atoms with Gasteiger partial charge in [-0.25, -0.2) is 4.79 Å². The lowest BCUT2D eigenvalue weighted by molar-refractivity contribution is -0.127. The molecule has 0 radical (unpaired) electrons. The number of nitrogens with one attached hydrogen (secondary N) is 2. The van der Waals surface area contributed by atoms with Crippen LogP contribution in [-0.2, 0) is 11.2 Å². The monoisotopic (exact) mass is 289 g/mol. The van der Waals surface area contributed by atoms with Gasteiger partial charge in [-0.05, 0) is 18.4 Å². The maximum Gasteiger partial charge on any atom is 0.315 e. The van der Waals surface area contributed by atoms with Crippen molar-refractivity contribution in [3.63, 3.8) is 0 Å². The molecule has 1 atom stereocenters. The van der Waals surface area contributed by atoms with Crippen LogP contribution in [-0.4, -0.2) is 42.5 Å². The van der Waals surface area contributed by atoms with Crippen molar-refractivity contribution in [3.05, 3.63) is 35.9 Å². The van der Waals surface area contributed by atoms with Crippen LogP contribution in [0.15, 0.2) is 30.3 Å². The Labute approximate surface area is 125 Å². The zero-order valence-corrected chi connectivity index (χ0v) is 12.5. The highest BCUT2D eigenvalue weighted by atomic mass is 16.2. The Bertz CT molecular complexity index is 476. The number of nitrogens with zero attached hydrogens (tertiary/aromatic N) is 1. The molecule has 114 valence electrons. The molecule has 2 rings (SSSR count). The molecule has 21 heavy (non-hydrogen) atoms. The van der Waals surface area contributed by atoms with Gasteiger partial charge in [-0.15, -0.1) is 0 Å². The highest BCUT2D eigenvalue weighted by molar-refractivity contribution is 5.81. The SMILES string of the molecule is CCCNC(=O)NC1CC(=O)N(CCc2ccccc2)C1. The Morgan fingerprint density at radius 2 is 2.10 bits per heavy atom. The Morgan fingerprint density at radius 3 is 2.81 bits per heavy atom. The first kappa shape index (κ1) is 15.4. The smallest absolute Gasteiger partial charge is 0.315 e. The van der Waals surface area contributed by atoms with Crippen LogP contribution >= 0.6 is 0 Å². The molecule has 0 aliphatic carbocycles. The predicted molar refractivity (Wildman–Crippen MR) is 82.0 cm³/mol. The molecule has 5 nitrogen and oxygen atoms in total. The van der Waals surface area contributed by atoms with E-state index in [0.29, 0.717) is 26.1 Å². The van der Waals surface area contributed by atoms with E-state index in [1.807, 2.05) is 30.0 Å². The second kappa shape index (κ2) is 7.67. The average Bonchev–Trinajstić information content (AvgIpc) is 2.84. The van der Waals surface area contributed by atoms with Gasteiger partial charge in [0.2, 0.25) is 5.91 Å². The van der Waals surface area contributed by atoms with Gasteiger partial charge in [0.15, 0.2) is 0 Å². The lowest BCUT2D eigenvalue weighted by Gasteiger charge is -2.17. The molecule has 1 aromatic carbocycles. The summed E-state index contributed by atoms with van der Waals surface area (Å²) in [6, 6.07) is 9.86. The lowest BCUT2D eigenvalue weighted by Crippen LogP contribution is -2.43. The quantitative estimate of drug-likeness (QED) is 0.834. The lowest BCUT2D eigenvalue weighted by atomic mass is 10.1. The van der Waals surface area contributed by atoms with Crippen molar-refractivity contribution in [2.45, 2.75) is 32.2 Å². The minimum Gasteiger partial charge on any atom is -0.340 e. The maximum absolute atomic E-state index is 12.0. The number of hydrogen-bond acceptors (Lipinski definition) is 2. The third-order valence-corrected chi connectivity index (χ3v) is 3.60. The molecule has 0 bridgehead atoms. The summed E-state index contributed by atoms with van der Waals surface area (Å²) in [6.07, 6.45) is 2.15. The van der Waals surface area contributed by atoms with Gasteiger partial charge in [0.05, 0.1) is 6.04 Å². The van der Waals surface area contributed by atoms with Crippen molar-refractivity contribution in [1.82, 2.24) is 15.5 Å². The van der Waals surface area contributed by atoms with E-state index in [1.54, 1.807) is 0 Å². The number of urea groups is 1. The molecular weight excluding hydrogens is 266 g/mol. The third-order valence-electron chi connectivity index (χ3n) is 3.60. The van der Waals surface area contributed by atoms with Gasteiger partial charge in [-0.1, -0.05) is 37.3 Å². The van der Waals surface area contributed by atoms with Gasteiger partial charge < -0.3 is 15.5 Å². The van der Waals surface area contributed by atoms with Gasteiger partial charge in [-0.2, -0.15) is 0 Å². The van der Waals surface area contributed by atoms with Crippen molar-refractivity contribution in [2.24, 2.45) is 0 Å². The molecule has 1 saturated heterocycles. The number of carbonyl (C=O) groups is 2. The van der Waals surface area contributed by atoms with Crippen LogP contribution in [0.1, 0.15) is 25.3 Å². The summed E-state index contributed by atoms with van der Waals surface area (Å²) in [5, 5.41) is 5.63. The standard InChI is InChI=1S/C16H23N3O2/c1-2-9-17-16(21)18-14-11-15(20)19(12-14)10-8-13-6-4-3-5-7-13/h3-7,14H,2,8-12H2,1H3,(H2,17,18,21). The minimum atomic E-state index is -0.181. The normalized spacial score (nSPS) is 17.9. The average molecular weight is 289 g/mol. The second-order valence-electron chi connectivity index (χ2n) is 5.38. The first-order valence-corrected chi connectivity index (χ1v) is 7.55. The molecule has 2 N–H and O–H groups in total. The largest absolute Gasteiger partial charge is 0.340 e. The summed E-state index contributed by atoms with van der Waals surface area (Å²) in [7, 11) is 0. The number of carbonyl (C=O) groups excluding carboxylic acids is 2. The number of likely N-dealkylation sites (tertiary alicyclic amines) is 1. The summed E-state index contributed by atoms with van der Waals surface area (Å²) in [6.45, 7) is 3.97. The van der Waals surface area contributed by atoms with Crippen LogP contribution in [0.3, 0.4) is 0 Å². The summed E-state index contributed by atoms with van der Waals surface area (Å²) in [5.41, 5.74) is 1.22. The zero-order chi connectivity index (χ0) is 15.1. The Hall–Kier alpha value is -2.04. The first-order chi connectivity index (χ1) is 10.2. The van der Waals surface area contributed by atoms with Gasteiger partial charge in [0.1, 0.15) is 0 Å². The van der Waals surface area contributed by atoms with Crippen molar-refractivity contribution in [3.8, 4) is 0 Å². The highest BCUT2D eigenvalue weighted by Gasteiger charge is 2.30. The van der Waals surface area contributed by atoms with Crippen molar-refractivity contribution in [2.75, 3.05) is 19.6 Å². The van der Waals surface area contributed by atoms with E-state index in [0.717, 1.165) is 12.8 Å². The Kier molecular flexibility index (Phi) is 5.60. The Balaban J connectivity index is 1.76. The Morgan fingerprint density at radius 1 is 1.33 bits per heavy atom. The molecule has 1 heterocycles. The molecule has 1 aromatic rings. The van der Waals surface area contributed by atoms with Crippen LogP contribution in [0.25, 0.3) is 0 Å². The molecule has 1 aliphatic heterocycles. The van der Waals surface area contributed by atoms with Crippen LogP contribution in [0.5, 0.6) is 0 Å². The molecule has 1 aliphatic rings. The van der Waals surface area contributed by atoms with Gasteiger partial charge in [0, 0.05) is 26.1 Å². The topological polar surface area (TPSA) is 61.4 Å². The highest BCUT2D eigenvalue weighted by Crippen LogP contribution is 2.12. The number of amides is 3. The zero-order valence-electron chi connectivity index (χ0n) is 12.5.